The Morgan fingerprint density at radius 1 is 1.44 bits per heavy atom. The summed E-state index contributed by atoms with van der Waals surface area (Å²) in [6.07, 6.45) is 0.824. The second kappa shape index (κ2) is 7.87. The average Bonchev–Trinajstić information content (AvgIpc) is 2.11. The number of thioether (sulfide) groups is 1. The van der Waals surface area contributed by atoms with Crippen molar-refractivity contribution < 1.29 is 18.3 Å². The Labute approximate surface area is 100 Å². The fourth-order valence-corrected chi connectivity index (χ4v) is 2.19. The van der Waals surface area contributed by atoms with Gasteiger partial charge in [-0.05, 0) is 19.1 Å². The molecular formula is C11H20F2O2S. The highest BCUT2D eigenvalue weighted by Gasteiger charge is 2.26. The summed E-state index contributed by atoms with van der Waals surface area (Å²) in [7, 11) is 0. The van der Waals surface area contributed by atoms with Crippen LogP contribution in [-0.4, -0.2) is 23.1 Å². The number of hydrogen-bond acceptors (Lipinski definition) is 3. The van der Waals surface area contributed by atoms with Crippen molar-refractivity contribution in [3.05, 3.63) is 0 Å². The Morgan fingerprint density at radius 3 is 2.56 bits per heavy atom. The minimum Gasteiger partial charge on any atom is -0.452 e. The Kier molecular flexibility index (Phi) is 7.72. The number of rotatable bonds is 8. The van der Waals surface area contributed by atoms with Crippen LogP contribution in [0, 0.1) is 0 Å². The molecule has 96 valence electrons. The summed E-state index contributed by atoms with van der Waals surface area (Å²) in [5.41, 5.74) is -0.253. The van der Waals surface area contributed by atoms with Crippen molar-refractivity contribution in [2.24, 2.45) is 0 Å². The summed E-state index contributed by atoms with van der Waals surface area (Å²) in [6, 6.07) is 0. The molecule has 0 aliphatic heterocycles. The zero-order chi connectivity index (χ0) is 12.6. The van der Waals surface area contributed by atoms with E-state index in [1.54, 1.807) is 13.8 Å². The fraction of sp³-hybridized carbons (Fsp3) is 0.909. The number of halogens is 2. The van der Waals surface area contributed by atoms with Crippen molar-refractivity contribution in [1.82, 2.24) is 0 Å². The fourth-order valence-electron chi connectivity index (χ4n) is 1.34. The molecule has 2 nitrogen and oxygen atoms in total. The van der Waals surface area contributed by atoms with E-state index in [1.807, 2.05) is 0 Å². The Balaban J connectivity index is 3.56. The van der Waals surface area contributed by atoms with Gasteiger partial charge >= 0.3 is 5.97 Å². The highest BCUT2D eigenvalue weighted by molar-refractivity contribution is 7.99. The lowest BCUT2D eigenvalue weighted by molar-refractivity contribution is -0.141. The molecule has 0 bridgehead atoms. The van der Waals surface area contributed by atoms with Gasteiger partial charge < -0.3 is 4.74 Å². The molecule has 5 heteroatoms. The van der Waals surface area contributed by atoms with Gasteiger partial charge in [0, 0.05) is 19.8 Å². The average molecular weight is 254 g/mol. The number of ether oxygens (including phenoxy) is 1. The van der Waals surface area contributed by atoms with Crippen molar-refractivity contribution in [3.63, 3.8) is 0 Å². The molecule has 0 aromatic rings. The van der Waals surface area contributed by atoms with E-state index in [0.717, 1.165) is 0 Å². The number of alkyl halides is 2. The Hall–Kier alpha value is -0.320. The van der Waals surface area contributed by atoms with Crippen LogP contribution in [0.15, 0.2) is 0 Å². The van der Waals surface area contributed by atoms with Crippen LogP contribution in [0.5, 0.6) is 0 Å². The predicted octanol–water partition coefficient (Wildman–Crippen LogP) is 3.84. The normalized spacial score (nSPS) is 13.6. The van der Waals surface area contributed by atoms with Crippen LogP contribution in [-0.2, 0) is 9.53 Å². The highest BCUT2D eigenvalue weighted by atomic mass is 32.2. The van der Waals surface area contributed by atoms with Crippen LogP contribution in [0.3, 0.4) is 0 Å². The molecule has 0 aliphatic rings. The SMILES string of the molecule is CCCC(F)(F)CCCSC(C)OC(C)=O. The largest absolute Gasteiger partial charge is 0.452 e. The van der Waals surface area contributed by atoms with Crippen LogP contribution >= 0.6 is 11.8 Å². The number of hydrogen-bond donors (Lipinski definition) is 0. The lowest BCUT2D eigenvalue weighted by Gasteiger charge is -2.16. The van der Waals surface area contributed by atoms with E-state index in [0.29, 0.717) is 18.6 Å². The van der Waals surface area contributed by atoms with E-state index < -0.39 is 5.92 Å². The monoisotopic (exact) mass is 254 g/mol. The molecule has 0 saturated heterocycles. The van der Waals surface area contributed by atoms with Gasteiger partial charge in [0.2, 0.25) is 5.92 Å². The van der Waals surface area contributed by atoms with Gasteiger partial charge in [0.1, 0.15) is 5.44 Å². The first-order valence-electron chi connectivity index (χ1n) is 5.54. The van der Waals surface area contributed by atoms with Gasteiger partial charge in [-0.3, -0.25) is 4.79 Å². The van der Waals surface area contributed by atoms with Crippen LogP contribution < -0.4 is 0 Å². The third-order valence-corrected chi connectivity index (χ3v) is 3.08. The molecule has 16 heavy (non-hydrogen) atoms. The van der Waals surface area contributed by atoms with Crippen molar-refractivity contribution in [2.75, 3.05) is 5.75 Å². The van der Waals surface area contributed by atoms with Crippen molar-refractivity contribution in [1.29, 1.82) is 0 Å². The summed E-state index contributed by atoms with van der Waals surface area (Å²) in [5.74, 6) is -2.29. The van der Waals surface area contributed by atoms with Crippen LogP contribution in [0.4, 0.5) is 8.78 Å². The molecule has 0 aliphatic carbocycles. The summed E-state index contributed by atoms with van der Waals surface area (Å²) < 4.78 is 31.0. The molecule has 0 amide bonds. The predicted molar refractivity (Wildman–Crippen MR) is 62.8 cm³/mol. The molecule has 0 saturated carbocycles. The zero-order valence-corrected chi connectivity index (χ0v) is 10.9. The Bertz CT molecular complexity index is 210. The quantitative estimate of drug-likeness (QED) is 0.374. The first kappa shape index (κ1) is 15.7. The van der Waals surface area contributed by atoms with Crippen molar-refractivity contribution in [3.8, 4) is 0 Å². The van der Waals surface area contributed by atoms with E-state index >= 15 is 0 Å². The number of carbonyl (C=O) groups excluding carboxylic acids is 1. The van der Waals surface area contributed by atoms with Crippen LogP contribution in [0.2, 0.25) is 0 Å². The summed E-state index contributed by atoms with van der Waals surface area (Å²) >= 11 is 1.39. The van der Waals surface area contributed by atoms with E-state index in [4.69, 9.17) is 4.74 Å². The molecule has 0 heterocycles. The minimum absolute atomic E-state index is 0.0445. The topological polar surface area (TPSA) is 26.3 Å². The first-order valence-corrected chi connectivity index (χ1v) is 6.59. The molecule has 0 aromatic carbocycles. The zero-order valence-electron chi connectivity index (χ0n) is 10.1. The summed E-state index contributed by atoms with van der Waals surface area (Å²) in [6.45, 7) is 4.84. The minimum atomic E-state index is -2.54. The lowest BCUT2D eigenvalue weighted by atomic mass is 10.1. The van der Waals surface area contributed by atoms with Gasteiger partial charge in [-0.15, -0.1) is 11.8 Å². The van der Waals surface area contributed by atoms with E-state index in [1.165, 1.54) is 18.7 Å². The second-order valence-corrected chi connectivity index (χ2v) is 5.16. The molecular weight excluding hydrogens is 234 g/mol. The van der Waals surface area contributed by atoms with Gasteiger partial charge in [-0.2, -0.15) is 0 Å². The van der Waals surface area contributed by atoms with Gasteiger partial charge in [0.25, 0.3) is 0 Å². The maximum Gasteiger partial charge on any atom is 0.303 e. The molecule has 0 fully saturated rings. The second-order valence-electron chi connectivity index (χ2n) is 3.76. The van der Waals surface area contributed by atoms with Crippen LogP contribution in [0.1, 0.15) is 46.5 Å². The standard InChI is InChI=1S/C11H20F2O2S/c1-4-6-11(12,13)7-5-8-16-10(3)15-9(2)14/h10H,4-8H2,1-3H3. The Morgan fingerprint density at radius 2 is 2.06 bits per heavy atom. The molecule has 0 radical (unpaired) electrons. The highest BCUT2D eigenvalue weighted by Crippen LogP contribution is 2.27. The van der Waals surface area contributed by atoms with Gasteiger partial charge in [-0.25, -0.2) is 8.78 Å². The van der Waals surface area contributed by atoms with Crippen molar-refractivity contribution in [2.45, 2.75) is 57.8 Å². The molecule has 1 atom stereocenters. The number of carbonyl (C=O) groups is 1. The third-order valence-electron chi connectivity index (χ3n) is 1.99. The van der Waals surface area contributed by atoms with Crippen LogP contribution in [0.25, 0.3) is 0 Å². The molecule has 1 unspecified atom stereocenters. The third kappa shape index (κ3) is 8.95. The molecule has 0 N–H and O–H groups in total. The van der Waals surface area contributed by atoms with E-state index in [9.17, 15) is 13.6 Å². The maximum absolute atomic E-state index is 13.1. The lowest BCUT2D eigenvalue weighted by Crippen LogP contribution is -2.16. The van der Waals surface area contributed by atoms with E-state index in [-0.39, 0.29) is 24.2 Å². The van der Waals surface area contributed by atoms with Crippen molar-refractivity contribution >= 4 is 17.7 Å². The molecule has 0 rings (SSSR count). The summed E-state index contributed by atoms with van der Waals surface area (Å²) in [4.78, 5) is 10.6. The maximum atomic E-state index is 13.1. The molecule has 0 spiro atoms. The van der Waals surface area contributed by atoms with E-state index in [2.05, 4.69) is 0 Å². The van der Waals surface area contributed by atoms with Gasteiger partial charge in [0.05, 0.1) is 0 Å². The smallest absolute Gasteiger partial charge is 0.303 e. The first-order chi connectivity index (χ1) is 7.37. The molecule has 0 aromatic heterocycles. The van der Waals surface area contributed by atoms with Gasteiger partial charge in [-0.1, -0.05) is 13.3 Å². The van der Waals surface area contributed by atoms with Gasteiger partial charge in [0.15, 0.2) is 0 Å². The summed E-state index contributed by atoms with van der Waals surface area (Å²) in [5, 5.41) is 0. The number of esters is 1.